The minimum atomic E-state index is -0.444. The summed E-state index contributed by atoms with van der Waals surface area (Å²) >= 11 is 1.21. The molecule has 1 aromatic heterocycles. The predicted octanol–water partition coefficient (Wildman–Crippen LogP) is 2.57. The number of amides is 2. The van der Waals surface area contributed by atoms with Gasteiger partial charge in [-0.15, -0.1) is 10.2 Å². The third kappa shape index (κ3) is 3.41. The fourth-order valence-corrected chi connectivity index (χ4v) is 2.12. The van der Waals surface area contributed by atoms with Crippen LogP contribution in [0.15, 0.2) is 23.7 Å². The molecule has 0 aliphatic rings. The molecule has 0 unspecified atom stereocenters. The lowest BCUT2D eigenvalue weighted by Gasteiger charge is -2.17. The molecule has 8 heteroatoms. The average Bonchev–Trinajstić information content (AvgIpc) is 2.91. The number of hydrogen-bond acceptors (Lipinski definition) is 5. The molecule has 1 heterocycles. The summed E-state index contributed by atoms with van der Waals surface area (Å²) in [5.41, 5.74) is 2.06. The van der Waals surface area contributed by atoms with Crippen LogP contribution in [0.4, 0.5) is 14.3 Å². The quantitative estimate of drug-likeness (QED) is 0.909. The highest BCUT2D eigenvalue weighted by Crippen LogP contribution is 2.25. The number of hydrogen-bond donors (Lipinski definition) is 2. The summed E-state index contributed by atoms with van der Waals surface area (Å²) in [6.45, 7) is 1.73. The molecular weight excluding hydrogens is 283 g/mol. The van der Waals surface area contributed by atoms with Gasteiger partial charge in [-0.1, -0.05) is 11.3 Å². The second-order valence-corrected chi connectivity index (χ2v) is 4.78. The smallest absolute Gasteiger partial charge is 0.321 e. The number of ether oxygens (including phenoxy) is 1. The number of halogens is 1. The number of methoxy groups -OCH3 is 1. The first-order valence-electron chi connectivity index (χ1n) is 5.77. The molecule has 0 radical (unpaired) electrons. The molecule has 2 amide bonds. The van der Waals surface area contributed by atoms with E-state index in [2.05, 4.69) is 20.8 Å². The lowest BCUT2D eigenvalue weighted by atomic mass is 10.1. The summed E-state index contributed by atoms with van der Waals surface area (Å²) in [7, 11) is 1.49. The molecule has 106 valence electrons. The van der Waals surface area contributed by atoms with Gasteiger partial charge in [0, 0.05) is 5.56 Å². The summed E-state index contributed by atoms with van der Waals surface area (Å²) in [4.78, 5) is 11.8. The molecule has 0 saturated carbocycles. The Morgan fingerprint density at radius 3 is 2.95 bits per heavy atom. The fourth-order valence-electron chi connectivity index (χ4n) is 1.68. The molecule has 0 aliphatic carbocycles. The molecule has 2 rings (SSSR count). The molecule has 1 atom stereocenters. The van der Waals surface area contributed by atoms with Gasteiger partial charge in [-0.3, -0.25) is 5.32 Å². The van der Waals surface area contributed by atoms with Gasteiger partial charge in [0.2, 0.25) is 5.13 Å². The van der Waals surface area contributed by atoms with E-state index in [0.717, 1.165) is 0 Å². The highest BCUT2D eigenvalue weighted by Gasteiger charge is 2.15. The third-order valence-electron chi connectivity index (χ3n) is 2.59. The van der Waals surface area contributed by atoms with Crippen molar-refractivity contribution in [3.8, 4) is 5.75 Å². The number of nitrogens with one attached hydrogen (secondary N) is 2. The van der Waals surface area contributed by atoms with Crippen molar-refractivity contribution in [3.63, 3.8) is 0 Å². The maximum Gasteiger partial charge on any atom is 0.321 e. The van der Waals surface area contributed by atoms with Crippen molar-refractivity contribution in [2.45, 2.75) is 13.0 Å². The first-order valence-corrected chi connectivity index (χ1v) is 6.65. The Morgan fingerprint density at radius 1 is 1.50 bits per heavy atom. The van der Waals surface area contributed by atoms with E-state index in [4.69, 9.17) is 4.74 Å². The predicted molar refractivity (Wildman–Crippen MR) is 73.4 cm³/mol. The Hall–Kier alpha value is -2.22. The van der Waals surface area contributed by atoms with Crippen molar-refractivity contribution >= 4 is 22.5 Å². The van der Waals surface area contributed by atoms with Gasteiger partial charge < -0.3 is 10.1 Å². The minimum Gasteiger partial charge on any atom is -0.496 e. The van der Waals surface area contributed by atoms with Crippen molar-refractivity contribution in [2.24, 2.45) is 0 Å². The summed E-state index contributed by atoms with van der Waals surface area (Å²) in [5.74, 6) is 0.120. The van der Waals surface area contributed by atoms with Crippen molar-refractivity contribution in [1.29, 1.82) is 0 Å². The van der Waals surface area contributed by atoms with Crippen LogP contribution in [0, 0.1) is 5.82 Å². The van der Waals surface area contributed by atoms with E-state index in [1.807, 2.05) is 0 Å². The number of anilines is 1. The fraction of sp³-hybridized carbons (Fsp3) is 0.250. The zero-order valence-corrected chi connectivity index (χ0v) is 11.7. The SMILES string of the molecule is COc1ccc(F)cc1[C@@H](C)NC(=O)Nc1nncs1. The maximum absolute atomic E-state index is 13.3. The highest BCUT2D eigenvalue weighted by molar-refractivity contribution is 7.13. The molecule has 6 nitrogen and oxygen atoms in total. The molecule has 20 heavy (non-hydrogen) atoms. The third-order valence-corrected chi connectivity index (χ3v) is 3.19. The number of urea groups is 1. The molecule has 1 aromatic carbocycles. The van der Waals surface area contributed by atoms with Crippen molar-refractivity contribution in [1.82, 2.24) is 15.5 Å². The topological polar surface area (TPSA) is 76.1 Å². The Bertz CT molecular complexity index is 591. The zero-order chi connectivity index (χ0) is 14.5. The first kappa shape index (κ1) is 14.2. The van der Waals surface area contributed by atoms with E-state index in [0.29, 0.717) is 16.4 Å². The largest absolute Gasteiger partial charge is 0.496 e. The van der Waals surface area contributed by atoms with Crippen LogP contribution in [0.25, 0.3) is 0 Å². The normalized spacial score (nSPS) is 11.8. The standard InChI is InChI=1S/C12H13FN4O2S/c1-7(9-5-8(13)3-4-10(9)19-2)15-11(18)16-12-17-14-6-20-12/h3-7H,1-2H3,(H2,15,16,17,18)/t7-/m1/s1. The lowest BCUT2D eigenvalue weighted by molar-refractivity contribution is 0.249. The minimum absolute atomic E-state index is 0.390. The van der Waals surface area contributed by atoms with Crippen LogP contribution in [0.1, 0.15) is 18.5 Å². The lowest BCUT2D eigenvalue weighted by Crippen LogP contribution is -2.31. The molecule has 0 fully saturated rings. The van der Waals surface area contributed by atoms with Crippen LogP contribution in [0.3, 0.4) is 0 Å². The van der Waals surface area contributed by atoms with Crippen LogP contribution in [0.5, 0.6) is 5.75 Å². The molecule has 2 aromatic rings. The summed E-state index contributed by atoms with van der Waals surface area (Å²) < 4.78 is 18.4. The summed E-state index contributed by atoms with van der Waals surface area (Å²) in [6.07, 6.45) is 0. The zero-order valence-electron chi connectivity index (χ0n) is 10.9. The van der Waals surface area contributed by atoms with Gasteiger partial charge >= 0.3 is 6.03 Å². The van der Waals surface area contributed by atoms with Crippen molar-refractivity contribution < 1.29 is 13.9 Å². The van der Waals surface area contributed by atoms with Gasteiger partial charge in [0.25, 0.3) is 0 Å². The van der Waals surface area contributed by atoms with E-state index >= 15 is 0 Å². The Labute approximate surface area is 119 Å². The summed E-state index contributed by atoms with van der Waals surface area (Å²) in [5, 5.41) is 12.9. The van der Waals surface area contributed by atoms with E-state index in [1.54, 1.807) is 6.92 Å². The molecule has 0 spiro atoms. The molecule has 2 N–H and O–H groups in total. The van der Waals surface area contributed by atoms with Crippen LogP contribution in [0.2, 0.25) is 0 Å². The van der Waals surface area contributed by atoms with Gasteiger partial charge in [-0.05, 0) is 25.1 Å². The van der Waals surface area contributed by atoms with Gasteiger partial charge in [-0.2, -0.15) is 0 Å². The number of carbonyl (C=O) groups is 1. The second kappa shape index (κ2) is 6.29. The number of carbonyl (C=O) groups excluding carboxylic acids is 1. The van der Waals surface area contributed by atoms with E-state index in [1.165, 1.54) is 42.2 Å². The first-order chi connectivity index (χ1) is 9.60. The van der Waals surface area contributed by atoms with Crippen molar-refractivity contribution in [3.05, 3.63) is 35.1 Å². The molecule has 0 aliphatic heterocycles. The molecule has 0 saturated heterocycles. The highest BCUT2D eigenvalue weighted by atomic mass is 32.1. The maximum atomic E-state index is 13.3. The second-order valence-electron chi connectivity index (χ2n) is 3.95. The van der Waals surface area contributed by atoms with Crippen molar-refractivity contribution in [2.75, 3.05) is 12.4 Å². The monoisotopic (exact) mass is 296 g/mol. The molecule has 0 bridgehead atoms. The van der Waals surface area contributed by atoms with E-state index in [9.17, 15) is 9.18 Å². The Kier molecular flexibility index (Phi) is 4.46. The summed E-state index contributed by atoms with van der Waals surface area (Å²) in [6, 6.07) is 3.28. The van der Waals surface area contributed by atoms with Gasteiger partial charge in [0.05, 0.1) is 13.2 Å². The average molecular weight is 296 g/mol. The van der Waals surface area contributed by atoms with E-state index < -0.39 is 12.1 Å². The van der Waals surface area contributed by atoms with Gasteiger partial charge in [0.1, 0.15) is 17.1 Å². The van der Waals surface area contributed by atoms with Crippen LogP contribution in [-0.2, 0) is 0 Å². The number of aromatic nitrogens is 2. The van der Waals surface area contributed by atoms with Crippen LogP contribution in [-0.4, -0.2) is 23.3 Å². The molecular formula is C12H13FN4O2S. The Balaban J connectivity index is 2.06. The van der Waals surface area contributed by atoms with Gasteiger partial charge in [-0.25, -0.2) is 9.18 Å². The van der Waals surface area contributed by atoms with Crippen LogP contribution >= 0.6 is 11.3 Å². The number of benzene rings is 1. The van der Waals surface area contributed by atoms with E-state index in [-0.39, 0.29) is 5.82 Å². The van der Waals surface area contributed by atoms with Gasteiger partial charge in [0.15, 0.2) is 0 Å². The number of nitrogens with zero attached hydrogens (tertiary/aromatic N) is 2. The van der Waals surface area contributed by atoms with Crippen LogP contribution < -0.4 is 15.4 Å². The number of rotatable bonds is 4. The Morgan fingerprint density at radius 2 is 2.30 bits per heavy atom.